The molecule has 0 atom stereocenters. The summed E-state index contributed by atoms with van der Waals surface area (Å²) in [5.74, 6) is -0.315. The molecule has 0 bridgehead atoms. The van der Waals surface area contributed by atoms with Crippen LogP contribution < -0.4 is 5.73 Å². The Morgan fingerprint density at radius 2 is 1.88 bits per heavy atom. The summed E-state index contributed by atoms with van der Waals surface area (Å²) >= 11 is 0. The normalized spacial score (nSPS) is 10.7. The van der Waals surface area contributed by atoms with Crippen LogP contribution in [-0.2, 0) is 17.8 Å². The highest BCUT2D eigenvalue weighted by atomic mass is 16.3. The molecule has 0 radical (unpaired) electrons. The molecule has 0 aliphatic carbocycles. The van der Waals surface area contributed by atoms with Gasteiger partial charge < -0.3 is 10.8 Å². The lowest BCUT2D eigenvalue weighted by atomic mass is 10.1. The van der Waals surface area contributed by atoms with Crippen molar-refractivity contribution in [2.24, 2.45) is 5.73 Å². The van der Waals surface area contributed by atoms with Gasteiger partial charge in [0.15, 0.2) is 0 Å². The van der Waals surface area contributed by atoms with Crippen molar-refractivity contribution in [1.29, 1.82) is 0 Å². The summed E-state index contributed by atoms with van der Waals surface area (Å²) < 4.78 is 0. The van der Waals surface area contributed by atoms with Gasteiger partial charge in [0.2, 0.25) is 5.91 Å². The van der Waals surface area contributed by atoms with E-state index < -0.39 is 0 Å². The van der Waals surface area contributed by atoms with E-state index >= 15 is 0 Å². The summed E-state index contributed by atoms with van der Waals surface area (Å²) in [7, 11) is 1.95. The van der Waals surface area contributed by atoms with Crippen molar-refractivity contribution in [2.75, 3.05) is 20.2 Å². The lowest BCUT2D eigenvalue weighted by Gasteiger charge is -2.15. The number of hydrogen-bond donors (Lipinski definition) is 2. The molecule has 88 valence electrons. The topological polar surface area (TPSA) is 66.6 Å². The van der Waals surface area contributed by atoms with Gasteiger partial charge in [-0.3, -0.25) is 9.69 Å². The SMILES string of the molecule is CN(CCO)Cc1ccc(CC(N)=O)cc1. The number of likely N-dealkylation sites (N-methyl/N-ethyl adjacent to an activating group) is 1. The number of carbonyl (C=O) groups is 1. The fourth-order valence-corrected chi connectivity index (χ4v) is 1.53. The average Bonchev–Trinajstić information content (AvgIpc) is 2.20. The summed E-state index contributed by atoms with van der Waals surface area (Å²) in [6.45, 7) is 1.61. The number of carbonyl (C=O) groups excluding carboxylic acids is 1. The Bertz CT molecular complexity index is 335. The van der Waals surface area contributed by atoms with Gasteiger partial charge in [-0.2, -0.15) is 0 Å². The lowest BCUT2D eigenvalue weighted by Crippen LogP contribution is -2.21. The minimum atomic E-state index is -0.315. The Morgan fingerprint density at radius 3 is 2.38 bits per heavy atom. The molecule has 1 amide bonds. The minimum absolute atomic E-state index is 0.163. The van der Waals surface area contributed by atoms with Gasteiger partial charge in [0, 0.05) is 13.1 Å². The molecule has 1 rings (SSSR count). The summed E-state index contributed by atoms with van der Waals surface area (Å²) in [6, 6.07) is 7.78. The van der Waals surface area contributed by atoms with Crippen molar-refractivity contribution < 1.29 is 9.90 Å². The van der Waals surface area contributed by atoms with Crippen LogP contribution >= 0.6 is 0 Å². The average molecular weight is 222 g/mol. The molecule has 0 saturated carbocycles. The number of nitrogens with zero attached hydrogens (tertiary/aromatic N) is 1. The Kier molecular flexibility index (Phi) is 4.95. The van der Waals surface area contributed by atoms with Crippen molar-refractivity contribution in [3.8, 4) is 0 Å². The van der Waals surface area contributed by atoms with Gasteiger partial charge in [-0.15, -0.1) is 0 Å². The molecule has 0 fully saturated rings. The lowest BCUT2D eigenvalue weighted by molar-refractivity contribution is -0.117. The third-order valence-electron chi connectivity index (χ3n) is 2.34. The first kappa shape index (κ1) is 12.7. The first-order chi connectivity index (χ1) is 7.61. The molecule has 0 heterocycles. The maximum atomic E-state index is 10.7. The van der Waals surface area contributed by atoms with Crippen LogP contribution in [0.5, 0.6) is 0 Å². The Morgan fingerprint density at radius 1 is 1.31 bits per heavy atom. The molecule has 0 unspecified atom stereocenters. The van der Waals surface area contributed by atoms with E-state index in [9.17, 15) is 4.79 Å². The third kappa shape index (κ3) is 4.42. The quantitative estimate of drug-likeness (QED) is 0.719. The van der Waals surface area contributed by atoms with Gasteiger partial charge in [0.05, 0.1) is 13.0 Å². The van der Waals surface area contributed by atoms with Crippen molar-refractivity contribution in [2.45, 2.75) is 13.0 Å². The van der Waals surface area contributed by atoms with Crippen LogP contribution in [0.25, 0.3) is 0 Å². The summed E-state index contributed by atoms with van der Waals surface area (Å²) in [5, 5.41) is 8.76. The van der Waals surface area contributed by atoms with Gasteiger partial charge in [0.1, 0.15) is 0 Å². The largest absolute Gasteiger partial charge is 0.395 e. The molecule has 4 nitrogen and oxygen atoms in total. The van der Waals surface area contributed by atoms with Crippen LogP contribution in [-0.4, -0.2) is 36.1 Å². The molecule has 0 spiro atoms. The Hall–Kier alpha value is -1.39. The van der Waals surface area contributed by atoms with Gasteiger partial charge in [-0.25, -0.2) is 0 Å². The van der Waals surface area contributed by atoms with Gasteiger partial charge in [0.25, 0.3) is 0 Å². The summed E-state index contributed by atoms with van der Waals surface area (Å²) in [6.07, 6.45) is 0.284. The number of hydrogen-bond acceptors (Lipinski definition) is 3. The number of primary amides is 1. The molecule has 4 heteroatoms. The number of benzene rings is 1. The molecular formula is C12H18N2O2. The van der Waals surface area contributed by atoms with E-state index in [0.717, 1.165) is 17.7 Å². The second-order valence-electron chi connectivity index (χ2n) is 3.92. The molecule has 0 saturated heterocycles. The zero-order valence-corrected chi connectivity index (χ0v) is 9.52. The second-order valence-corrected chi connectivity index (χ2v) is 3.92. The van der Waals surface area contributed by atoms with Gasteiger partial charge in [-0.1, -0.05) is 24.3 Å². The first-order valence-corrected chi connectivity index (χ1v) is 5.27. The molecule has 1 aromatic carbocycles. The van der Waals surface area contributed by atoms with E-state index in [2.05, 4.69) is 0 Å². The van der Waals surface area contributed by atoms with Crippen LogP contribution in [0, 0.1) is 0 Å². The van der Waals surface area contributed by atoms with Gasteiger partial charge in [-0.05, 0) is 18.2 Å². The van der Waals surface area contributed by atoms with Crippen LogP contribution in [0.15, 0.2) is 24.3 Å². The Labute approximate surface area is 95.7 Å². The summed E-state index contributed by atoms with van der Waals surface area (Å²) in [5.41, 5.74) is 7.20. The van der Waals surface area contributed by atoms with E-state index in [-0.39, 0.29) is 18.9 Å². The highest BCUT2D eigenvalue weighted by Crippen LogP contribution is 2.07. The fourth-order valence-electron chi connectivity index (χ4n) is 1.53. The standard InChI is InChI=1S/C12H18N2O2/c1-14(6-7-15)9-11-4-2-10(3-5-11)8-12(13)16/h2-5,15H,6-9H2,1H3,(H2,13,16). The fraction of sp³-hybridized carbons (Fsp3) is 0.417. The van der Waals surface area contributed by atoms with E-state index in [1.54, 1.807) is 0 Å². The molecule has 3 N–H and O–H groups in total. The van der Waals surface area contributed by atoms with Crippen LogP contribution in [0.4, 0.5) is 0 Å². The minimum Gasteiger partial charge on any atom is -0.395 e. The third-order valence-corrected chi connectivity index (χ3v) is 2.34. The highest BCUT2D eigenvalue weighted by Gasteiger charge is 2.01. The Balaban J connectivity index is 2.54. The maximum absolute atomic E-state index is 10.7. The number of rotatable bonds is 6. The number of amides is 1. The van der Waals surface area contributed by atoms with Gasteiger partial charge >= 0.3 is 0 Å². The van der Waals surface area contributed by atoms with Crippen molar-refractivity contribution in [3.05, 3.63) is 35.4 Å². The van der Waals surface area contributed by atoms with E-state index in [1.165, 1.54) is 0 Å². The predicted molar refractivity (Wildman–Crippen MR) is 62.8 cm³/mol. The molecule has 1 aromatic rings. The zero-order chi connectivity index (χ0) is 12.0. The molecule has 0 aliphatic rings. The number of aliphatic hydroxyl groups excluding tert-OH is 1. The molecule has 0 aliphatic heterocycles. The smallest absolute Gasteiger partial charge is 0.221 e. The predicted octanol–water partition coefficient (Wildman–Crippen LogP) is 0.138. The maximum Gasteiger partial charge on any atom is 0.221 e. The van der Waals surface area contributed by atoms with Crippen LogP contribution in [0.1, 0.15) is 11.1 Å². The van der Waals surface area contributed by atoms with Crippen molar-refractivity contribution >= 4 is 5.91 Å². The number of aliphatic hydroxyl groups is 1. The molecular weight excluding hydrogens is 204 g/mol. The highest BCUT2D eigenvalue weighted by molar-refractivity contribution is 5.76. The zero-order valence-electron chi connectivity index (χ0n) is 9.52. The van der Waals surface area contributed by atoms with E-state index in [0.29, 0.717) is 6.54 Å². The molecule has 16 heavy (non-hydrogen) atoms. The van der Waals surface area contributed by atoms with Crippen LogP contribution in [0.2, 0.25) is 0 Å². The van der Waals surface area contributed by atoms with Crippen molar-refractivity contribution in [3.63, 3.8) is 0 Å². The number of nitrogens with two attached hydrogens (primary N) is 1. The monoisotopic (exact) mass is 222 g/mol. The van der Waals surface area contributed by atoms with Crippen molar-refractivity contribution in [1.82, 2.24) is 4.90 Å². The molecule has 0 aromatic heterocycles. The first-order valence-electron chi connectivity index (χ1n) is 5.27. The van der Waals surface area contributed by atoms with E-state index in [1.807, 2.05) is 36.2 Å². The second kappa shape index (κ2) is 6.25. The summed E-state index contributed by atoms with van der Waals surface area (Å²) in [4.78, 5) is 12.7. The van der Waals surface area contributed by atoms with E-state index in [4.69, 9.17) is 10.8 Å². The van der Waals surface area contributed by atoms with Crippen LogP contribution in [0.3, 0.4) is 0 Å².